The summed E-state index contributed by atoms with van der Waals surface area (Å²) < 4.78 is 12.6. The molecule has 3 heterocycles. The number of hydrogen-bond donors (Lipinski definition) is 1. The van der Waals surface area contributed by atoms with Crippen molar-refractivity contribution in [2.75, 3.05) is 19.7 Å². The number of halogens is 1. The predicted octanol–water partition coefficient (Wildman–Crippen LogP) is 2.58. The van der Waals surface area contributed by atoms with Gasteiger partial charge in [-0.15, -0.1) is 0 Å². The highest BCUT2D eigenvalue weighted by molar-refractivity contribution is 6.30. The maximum atomic E-state index is 12.6. The molecule has 8 heteroatoms. The van der Waals surface area contributed by atoms with Gasteiger partial charge in [-0.2, -0.15) is 0 Å². The fourth-order valence-corrected chi connectivity index (χ4v) is 4.56. The Morgan fingerprint density at radius 3 is 2.77 bits per heavy atom. The standard InChI is InChI=1S/C22H22ClN3O4/c23-15-7-5-14(6-8-15)20-11-25-10-16(9-17(25)13-29-20)24-21(27)12-26-18-3-1-2-4-19(18)30-22(26)28/h1-8,16-17,20H,9-13H2,(H,24,27)/t16-,17+,20-/m1/s1. The van der Waals surface area contributed by atoms with E-state index in [4.69, 9.17) is 20.8 Å². The van der Waals surface area contributed by atoms with Crippen molar-refractivity contribution in [3.05, 3.63) is 69.7 Å². The Balaban J connectivity index is 1.21. The number of fused-ring (bicyclic) bond motifs is 2. The number of nitrogens with zero attached hydrogens (tertiary/aromatic N) is 2. The number of carbonyl (C=O) groups excluding carboxylic acids is 1. The first-order valence-corrected chi connectivity index (χ1v) is 10.4. The molecule has 156 valence electrons. The van der Waals surface area contributed by atoms with Crippen LogP contribution in [0.15, 0.2) is 57.7 Å². The highest BCUT2D eigenvalue weighted by Gasteiger charge is 2.38. The monoisotopic (exact) mass is 427 g/mol. The van der Waals surface area contributed by atoms with Crippen LogP contribution in [-0.2, 0) is 16.1 Å². The molecule has 3 atom stereocenters. The number of para-hydroxylation sites is 2. The average Bonchev–Trinajstić information content (AvgIpc) is 3.28. The Bertz CT molecular complexity index is 1120. The molecule has 2 aliphatic heterocycles. The normalized spacial score (nSPS) is 24.1. The molecule has 0 spiro atoms. The second kappa shape index (κ2) is 7.91. The van der Waals surface area contributed by atoms with E-state index in [2.05, 4.69) is 10.2 Å². The molecule has 0 aliphatic carbocycles. The lowest BCUT2D eigenvalue weighted by Crippen LogP contribution is -2.43. The first-order chi connectivity index (χ1) is 14.6. The van der Waals surface area contributed by atoms with Crippen LogP contribution in [0.25, 0.3) is 11.1 Å². The van der Waals surface area contributed by atoms with Gasteiger partial charge in [-0.05, 0) is 36.2 Å². The maximum Gasteiger partial charge on any atom is 0.420 e. The van der Waals surface area contributed by atoms with Gasteiger partial charge in [0.15, 0.2) is 5.58 Å². The summed E-state index contributed by atoms with van der Waals surface area (Å²) in [6.07, 6.45) is 0.837. The van der Waals surface area contributed by atoms with Crippen LogP contribution in [0.3, 0.4) is 0 Å². The van der Waals surface area contributed by atoms with E-state index in [0.29, 0.717) is 22.7 Å². The van der Waals surface area contributed by atoms with Crippen molar-refractivity contribution in [1.29, 1.82) is 0 Å². The van der Waals surface area contributed by atoms with Crippen LogP contribution in [-0.4, -0.2) is 47.2 Å². The summed E-state index contributed by atoms with van der Waals surface area (Å²) in [7, 11) is 0. The fraction of sp³-hybridized carbons (Fsp3) is 0.364. The van der Waals surface area contributed by atoms with E-state index in [1.54, 1.807) is 18.2 Å². The summed E-state index contributed by atoms with van der Waals surface area (Å²) in [5.74, 6) is -0.710. The predicted molar refractivity (Wildman–Crippen MR) is 113 cm³/mol. The van der Waals surface area contributed by atoms with Gasteiger partial charge in [0.05, 0.1) is 18.2 Å². The van der Waals surface area contributed by atoms with Crippen molar-refractivity contribution in [2.24, 2.45) is 0 Å². The minimum atomic E-state index is -0.519. The Kier molecular flexibility index (Phi) is 5.10. The molecule has 5 rings (SSSR count). The van der Waals surface area contributed by atoms with Crippen molar-refractivity contribution >= 4 is 28.6 Å². The first kappa shape index (κ1) is 19.4. The second-order valence-electron chi connectivity index (χ2n) is 7.90. The molecule has 2 aromatic carbocycles. The summed E-state index contributed by atoms with van der Waals surface area (Å²) in [4.78, 5) is 27.1. The van der Waals surface area contributed by atoms with E-state index in [-0.39, 0.29) is 30.6 Å². The van der Waals surface area contributed by atoms with Gasteiger partial charge in [0.1, 0.15) is 6.54 Å². The van der Waals surface area contributed by atoms with Gasteiger partial charge in [0.2, 0.25) is 5.91 Å². The third kappa shape index (κ3) is 3.76. The van der Waals surface area contributed by atoms with E-state index in [1.165, 1.54) is 4.57 Å². The molecule has 1 N–H and O–H groups in total. The summed E-state index contributed by atoms with van der Waals surface area (Å²) in [5.41, 5.74) is 2.22. The molecule has 1 amide bonds. The molecular weight excluding hydrogens is 406 g/mol. The van der Waals surface area contributed by atoms with E-state index < -0.39 is 5.76 Å². The molecule has 7 nitrogen and oxygen atoms in total. The summed E-state index contributed by atoms with van der Waals surface area (Å²) in [6, 6.07) is 15.2. The molecule has 2 aliphatic rings. The number of hydrogen-bond acceptors (Lipinski definition) is 5. The molecule has 0 unspecified atom stereocenters. The Hall–Kier alpha value is -2.61. The van der Waals surface area contributed by atoms with Crippen LogP contribution < -0.4 is 11.1 Å². The van der Waals surface area contributed by atoms with Crippen molar-refractivity contribution in [3.8, 4) is 0 Å². The SMILES string of the molecule is O=C(Cn1c(=O)oc2ccccc21)N[C@@H]1C[C@H]2CO[C@@H](c3ccc(Cl)cc3)CN2C1. The van der Waals surface area contributed by atoms with Crippen molar-refractivity contribution in [1.82, 2.24) is 14.8 Å². The van der Waals surface area contributed by atoms with Crippen LogP contribution in [0.5, 0.6) is 0 Å². The summed E-state index contributed by atoms with van der Waals surface area (Å²) in [6.45, 7) is 2.13. The number of ether oxygens (including phenoxy) is 1. The summed E-state index contributed by atoms with van der Waals surface area (Å²) in [5, 5.41) is 3.78. The minimum absolute atomic E-state index is 0.00356. The van der Waals surface area contributed by atoms with Gasteiger partial charge >= 0.3 is 5.76 Å². The van der Waals surface area contributed by atoms with Gasteiger partial charge < -0.3 is 14.5 Å². The number of morpholine rings is 1. The lowest BCUT2D eigenvalue weighted by molar-refractivity contribution is -0.122. The van der Waals surface area contributed by atoms with E-state index in [0.717, 1.165) is 25.1 Å². The zero-order valence-corrected chi connectivity index (χ0v) is 17.0. The number of oxazole rings is 1. The molecule has 2 fully saturated rings. The Labute approximate surface area is 178 Å². The largest absolute Gasteiger partial charge is 0.420 e. The number of aromatic nitrogens is 1. The van der Waals surface area contributed by atoms with Gasteiger partial charge in [-0.3, -0.25) is 14.3 Å². The molecule has 3 aromatic rings. The molecular formula is C22H22ClN3O4. The summed E-state index contributed by atoms with van der Waals surface area (Å²) >= 11 is 5.98. The van der Waals surface area contributed by atoms with Crippen LogP contribution in [0, 0.1) is 0 Å². The van der Waals surface area contributed by atoms with Crippen molar-refractivity contribution in [2.45, 2.75) is 31.2 Å². The van der Waals surface area contributed by atoms with Crippen LogP contribution >= 0.6 is 11.6 Å². The number of benzene rings is 2. The van der Waals surface area contributed by atoms with E-state index >= 15 is 0 Å². The Morgan fingerprint density at radius 1 is 1.13 bits per heavy atom. The van der Waals surface area contributed by atoms with Gasteiger partial charge in [-0.1, -0.05) is 35.9 Å². The Morgan fingerprint density at radius 2 is 1.93 bits per heavy atom. The third-order valence-corrected chi connectivity index (χ3v) is 6.15. The minimum Gasteiger partial charge on any atom is -0.408 e. The molecule has 0 radical (unpaired) electrons. The highest BCUT2D eigenvalue weighted by Crippen LogP contribution is 2.30. The average molecular weight is 428 g/mol. The molecule has 30 heavy (non-hydrogen) atoms. The van der Waals surface area contributed by atoms with Crippen LogP contribution in [0.2, 0.25) is 5.02 Å². The third-order valence-electron chi connectivity index (χ3n) is 5.90. The molecule has 0 saturated carbocycles. The number of carbonyl (C=O) groups is 1. The second-order valence-corrected chi connectivity index (χ2v) is 8.34. The lowest BCUT2D eigenvalue weighted by atomic mass is 10.1. The van der Waals surface area contributed by atoms with Gasteiger partial charge in [0.25, 0.3) is 0 Å². The van der Waals surface area contributed by atoms with Crippen LogP contribution in [0.1, 0.15) is 18.1 Å². The van der Waals surface area contributed by atoms with Crippen LogP contribution in [0.4, 0.5) is 0 Å². The van der Waals surface area contributed by atoms with E-state index in [1.807, 2.05) is 30.3 Å². The van der Waals surface area contributed by atoms with Gasteiger partial charge in [0, 0.05) is 30.2 Å². The molecule has 0 bridgehead atoms. The molecule has 2 saturated heterocycles. The smallest absolute Gasteiger partial charge is 0.408 e. The molecule has 1 aromatic heterocycles. The highest BCUT2D eigenvalue weighted by atomic mass is 35.5. The lowest BCUT2D eigenvalue weighted by Gasteiger charge is -2.35. The van der Waals surface area contributed by atoms with E-state index in [9.17, 15) is 9.59 Å². The van der Waals surface area contributed by atoms with Crippen molar-refractivity contribution < 1.29 is 13.9 Å². The maximum absolute atomic E-state index is 12.6. The topological polar surface area (TPSA) is 76.7 Å². The number of nitrogens with one attached hydrogen (secondary N) is 1. The fourth-order valence-electron chi connectivity index (χ4n) is 4.44. The quantitative estimate of drug-likeness (QED) is 0.692. The number of amides is 1. The zero-order chi connectivity index (χ0) is 20.7. The van der Waals surface area contributed by atoms with Gasteiger partial charge in [-0.25, -0.2) is 4.79 Å². The zero-order valence-electron chi connectivity index (χ0n) is 16.3. The van der Waals surface area contributed by atoms with Crippen molar-refractivity contribution in [3.63, 3.8) is 0 Å². The number of rotatable bonds is 4. The first-order valence-electron chi connectivity index (χ1n) is 10.1.